The first kappa shape index (κ1) is 16.4. The number of hydrogen-bond acceptors (Lipinski definition) is 4. The lowest BCUT2D eigenvalue weighted by molar-refractivity contribution is -0.117. The van der Waals surface area contributed by atoms with E-state index >= 15 is 0 Å². The summed E-state index contributed by atoms with van der Waals surface area (Å²) in [5.74, 6) is -1.61. The standard InChI is InChI=1S/C13H17ClN2O4/c1-20-6-2-3-10(15)12(17)16-11-5-4-8(14)7-9(11)13(18)19/h4-5,7,10H,2-3,6,15H2,1H3,(H,16,17)(H,18,19). The van der Waals surface area contributed by atoms with Crippen LogP contribution >= 0.6 is 11.6 Å². The zero-order valence-corrected chi connectivity index (χ0v) is 11.8. The summed E-state index contributed by atoms with van der Waals surface area (Å²) < 4.78 is 4.87. The van der Waals surface area contributed by atoms with Crippen LogP contribution in [-0.2, 0) is 9.53 Å². The number of anilines is 1. The maximum absolute atomic E-state index is 11.9. The molecule has 1 rings (SSSR count). The summed E-state index contributed by atoms with van der Waals surface area (Å²) in [4.78, 5) is 22.9. The molecule has 1 amide bonds. The second-order valence-corrected chi connectivity index (χ2v) is 4.66. The molecule has 0 saturated heterocycles. The number of nitrogens with one attached hydrogen (secondary N) is 1. The molecular formula is C13H17ClN2O4. The van der Waals surface area contributed by atoms with Crippen molar-refractivity contribution in [3.05, 3.63) is 28.8 Å². The van der Waals surface area contributed by atoms with E-state index in [1.807, 2.05) is 0 Å². The van der Waals surface area contributed by atoms with Gasteiger partial charge in [0.05, 0.1) is 17.3 Å². The highest BCUT2D eigenvalue weighted by molar-refractivity contribution is 6.31. The second-order valence-electron chi connectivity index (χ2n) is 4.23. The van der Waals surface area contributed by atoms with Gasteiger partial charge in [-0.2, -0.15) is 0 Å². The van der Waals surface area contributed by atoms with Crippen molar-refractivity contribution in [2.24, 2.45) is 5.73 Å². The summed E-state index contributed by atoms with van der Waals surface area (Å²) in [5, 5.41) is 11.8. The predicted octanol–water partition coefficient (Wildman–Crippen LogP) is 1.73. The summed E-state index contributed by atoms with van der Waals surface area (Å²) >= 11 is 5.73. The second kappa shape index (κ2) is 7.84. The van der Waals surface area contributed by atoms with Crippen molar-refractivity contribution >= 4 is 29.2 Å². The van der Waals surface area contributed by atoms with Crippen LogP contribution < -0.4 is 11.1 Å². The molecular weight excluding hydrogens is 284 g/mol. The fraction of sp³-hybridized carbons (Fsp3) is 0.385. The van der Waals surface area contributed by atoms with Crippen LogP contribution in [-0.4, -0.2) is 36.7 Å². The van der Waals surface area contributed by atoms with Crippen LogP contribution in [0.25, 0.3) is 0 Å². The van der Waals surface area contributed by atoms with Gasteiger partial charge in [-0.1, -0.05) is 11.6 Å². The van der Waals surface area contributed by atoms with E-state index < -0.39 is 17.9 Å². The lowest BCUT2D eigenvalue weighted by Crippen LogP contribution is -2.36. The Kier molecular flexibility index (Phi) is 6.44. The van der Waals surface area contributed by atoms with Gasteiger partial charge in [-0.25, -0.2) is 4.79 Å². The Bertz CT molecular complexity index is 493. The minimum atomic E-state index is -1.17. The third-order valence-electron chi connectivity index (χ3n) is 2.67. The van der Waals surface area contributed by atoms with Crippen LogP contribution in [0.15, 0.2) is 18.2 Å². The van der Waals surface area contributed by atoms with Crippen LogP contribution in [0.3, 0.4) is 0 Å². The number of methoxy groups -OCH3 is 1. The quantitative estimate of drug-likeness (QED) is 0.666. The topological polar surface area (TPSA) is 102 Å². The van der Waals surface area contributed by atoms with Crippen LogP contribution in [0.4, 0.5) is 5.69 Å². The molecule has 0 aliphatic carbocycles. The molecule has 0 heterocycles. The number of hydrogen-bond donors (Lipinski definition) is 3. The predicted molar refractivity (Wildman–Crippen MR) is 76.1 cm³/mol. The Labute approximate surface area is 121 Å². The molecule has 0 fully saturated rings. The van der Waals surface area contributed by atoms with Crippen LogP contribution in [0, 0.1) is 0 Å². The number of carbonyl (C=O) groups excluding carboxylic acids is 1. The normalized spacial score (nSPS) is 11.9. The highest BCUT2D eigenvalue weighted by Crippen LogP contribution is 2.21. The van der Waals surface area contributed by atoms with Crippen molar-refractivity contribution in [2.45, 2.75) is 18.9 Å². The van der Waals surface area contributed by atoms with Crippen molar-refractivity contribution < 1.29 is 19.4 Å². The number of benzene rings is 1. The maximum atomic E-state index is 11.9. The fourth-order valence-electron chi connectivity index (χ4n) is 1.61. The van der Waals surface area contributed by atoms with Gasteiger partial charge in [-0.15, -0.1) is 0 Å². The number of aromatic carboxylic acids is 1. The van der Waals surface area contributed by atoms with Crippen LogP contribution in [0.2, 0.25) is 5.02 Å². The van der Waals surface area contributed by atoms with Crippen molar-refractivity contribution in [2.75, 3.05) is 19.0 Å². The zero-order valence-electron chi connectivity index (χ0n) is 11.1. The highest BCUT2D eigenvalue weighted by atomic mass is 35.5. The van der Waals surface area contributed by atoms with Crippen molar-refractivity contribution in [3.63, 3.8) is 0 Å². The van der Waals surface area contributed by atoms with Crippen molar-refractivity contribution in [1.29, 1.82) is 0 Å². The first-order valence-electron chi connectivity index (χ1n) is 6.04. The van der Waals surface area contributed by atoms with Gasteiger partial charge in [0.25, 0.3) is 0 Å². The number of amides is 1. The van der Waals surface area contributed by atoms with E-state index in [-0.39, 0.29) is 16.3 Å². The molecule has 0 aliphatic rings. The summed E-state index contributed by atoms with van der Waals surface area (Å²) in [6.07, 6.45) is 1.10. The van der Waals surface area contributed by atoms with Gasteiger partial charge in [0.1, 0.15) is 0 Å². The van der Waals surface area contributed by atoms with Crippen LogP contribution in [0.5, 0.6) is 0 Å². The molecule has 0 aliphatic heterocycles. The van der Waals surface area contributed by atoms with E-state index in [1.54, 1.807) is 7.11 Å². The number of ether oxygens (including phenoxy) is 1. The Balaban J connectivity index is 2.72. The minimum absolute atomic E-state index is 0.0741. The summed E-state index contributed by atoms with van der Waals surface area (Å²) in [7, 11) is 1.57. The smallest absolute Gasteiger partial charge is 0.337 e. The number of halogens is 1. The number of carbonyl (C=O) groups is 2. The molecule has 20 heavy (non-hydrogen) atoms. The SMILES string of the molecule is COCCCC(N)C(=O)Nc1ccc(Cl)cc1C(=O)O. The molecule has 110 valence electrons. The van der Waals surface area contributed by atoms with E-state index in [4.69, 9.17) is 27.2 Å². The van der Waals surface area contributed by atoms with E-state index in [1.165, 1.54) is 18.2 Å². The van der Waals surface area contributed by atoms with Gasteiger partial charge in [0.2, 0.25) is 5.91 Å². The lowest BCUT2D eigenvalue weighted by Gasteiger charge is -2.13. The zero-order chi connectivity index (χ0) is 15.1. The van der Waals surface area contributed by atoms with E-state index in [9.17, 15) is 9.59 Å². The van der Waals surface area contributed by atoms with E-state index in [2.05, 4.69) is 5.32 Å². The van der Waals surface area contributed by atoms with E-state index in [0.717, 1.165) is 0 Å². The molecule has 0 saturated carbocycles. The van der Waals surface area contributed by atoms with Gasteiger partial charge < -0.3 is 20.9 Å². The molecule has 1 atom stereocenters. The molecule has 7 heteroatoms. The summed E-state index contributed by atoms with van der Waals surface area (Å²) in [5.41, 5.74) is 5.82. The first-order valence-corrected chi connectivity index (χ1v) is 6.41. The number of carboxylic acid groups (broad SMARTS) is 1. The van der Waals surface area contributed by atoms with Crippen molar-refractivity contribution in [1.82, 2.24) is 0 Å². The largest absolute Gasteiger partial charge is 0.478 e. The molecule has 1 aromatic rings. The highest BCUT2D eigenvalue weighted by Gasteiger charge is 2.17. The molecule has 0 spiro atoms. The van der Waals surface area contributed by atoms with Gasteiger partial charge in [-0.3, -0.25) is 4.79 Å². The fourth-order valence-corrected chi connectivity index (χ4v) is 1.78. The average Bonchev–Trinajstić information content (AvgIpc) is 2.40. The molecule has 1 aromatic carbocycles. The van der Waals surface area contributed by atoms with Gasteiger partial charge in [0.15, 0.2) is 0 Å². The average molecular weight is 301 g/mol. The van der Waals surface area contributed by atoms with Gasteiger partial charge in [0, 0.05) is 18.7 Å². The van der Waals surface area contributed by atoms with E-state index in [0.29, 0.717) is 19.4 Å². The van der Waals surface area contributed by atoms with Gasteiger partial charge in [-0.05, 0) is 31.0 Å². The van der Waals surface area contributed by atoms with Gasteiger partial charge >= 0.3 is 5.97 Å². The molecule has 1 unspecified atom stereocenters. The monoisotopic (exact) mass is 300 g/mol. The molecule has 0 radical (unpaired) electrons. The Hall–Kier alpha value is -1.63. The summed E-state index contributed by atoms with van der Waals surface area (Å²) in [6.45, 7) is 0.516. The Morgan fingerprint density at radius 2 is 2.20 bits per heavy atom. The first-order chi connectivity index (χ1) is 9.45. The number of rotatable bonds is 7. The maximum Gasteiger partial charge on any atom is 0.337 e. The lowest BCUT2D eigenvalue weighted by atomic mass is 10.1. The number of nitrogens with two attached hydrogens (primary N) is 1. The Morgan fingerprint density at radius 3 is 2.80 bits per heavy atom. The molecule has 6 nitrogen and oxygen atoms in total. The molecule has 0 aromatic heterocycles. The molecule has 4 N–H and O–H groups in total. The Morgan fingerprint density at radius 1 is 1.50 bits per heavy atom. The van der Waals surface area contributed by atoms with Crippen LogP contribution in [0.1, 0.15) is 23.2 Å². The third-order valence-corrected chi connectivity index (χ3v) is 2.91. The minimum Gasteiger partial charge on any atom is -0.478 e. The number of carboxylic acids is 1. The third kappa shape index (κ3) is 4.80. The molecule has 0 bridgehead atoms. The summed E-state index contributed by atoms with van der Waals surface area (Å²) in [6, 6.07) is 3.49. The van der Waals surface area contributed by atoms with Crippen molar-refractivity contribution in [3.8, 4) is 0 Å².